The molecule has 0 fully saturated rings. The van der Waals surface area contributed by atoms with Gasteiger partial charge in [0.1, 0.15) is 5.82 Å². The minimum absolute atomic E-state index is 0.223. The number of aromatic nitrogens is 1. The number of aromatic amines is 1. The molecule has 0 aliphatic heterocycles. The summed E-state index contributed by atoms with van der Waals surface area (Å²) < 4.78 is 12.8. The third-order valence-electron chi connectivity index (χ3n) is 1.46. The molecule has 0 spiro atoms. The summed E-state index contributed by atoms with van der Waals surface area (Å²) in [4.78, 5) is 2.76. The van der Waals surface area contributed by atoms with E-state index in [-0.39, 0.29) is 5.82 Å². The van der Waals surface area contributed by atoms with Crippen LogP contribution < -0.4 is 0 Å². The van der Waals surface area contributed by atoms with Crippen molar-refractivity contribution in [1.82, 2.24) is 4.98 Å². The molecule has 1 nitrogen and oxygen atoms in total. The van der Waals surface area contributed by atoms with Gasteiger partial charge in [-0.15, -0.1) is 0 Å². The Labute approximate surface area is 57.5 Å². The monoisotopic (exact) mass is 134 g/mol. The molecule has 2 rings (SSSR count). The van der Waals surface area contributed by atoms with Gasteiger partial charge in [-0.1, -0.05) is 12.1 Å². The lowest BCUT2D eigenvalue weighted by molar-refractivity contribution is 0.637. The molecule has 2 aromatic rings. The maximum Gasteiger partial charge on any atom is 0.147 e. The predicted molar refractivity (Wildman–Crippen MR) is 37.1 cm³/mol. The van der Waals surface area contributed by atoms with Gasteiger partial charge in [-0.25, -0.2) is 4.39 Å². The Morgan fingerprint density at radius 2 is 2.30 bits per heavy atom. The van der Waals surface area contributed by atoms with Crippen molar-refractivity contribution in [2.45, 2.75) is 0 Å². The molecule has 0 amide bonds. The molecule has 0 bridgehead atoms. The number of H-pyrrole nitrogens is 1. The van der Waals surface area contributed by atoms with Crippen LogP contribution in [-0.4, -0.2) is 4.98 Å². The lowest BCUT2D eigenvalue weighted by Crippen LogP contribution is -1.74. The Kier molecular flexibility index (Phi) is 1.01. The molecule has 1 radical (unpaired) electrons. The van der Waals surface area contributed by atoms with E-state index < -0.39 is 0 Å². The minimum Gasteiger partial charge on any atom is -0.358 e. The second-order valence-corrected chi connectivity index (χ2v) is 2.10. The van der Waals surface area contributed by atoms with Crippen molar-refractivity contribution >= 4 is 10.9 Å². The van der Waals surface area contributed by atoms with E-state index in [0.717, 1.165) is 5.39 Å². The van der Waals surface area contributed by atoms with Gasteiger partial charge in [-0.3, -0.25) is 0 Å². The van der Waals surface area contributed by atoms with Crippen molar-refractivity contribution in [3.05, 3.63) is 36.3 Å². The fourth-order valence-electron chi connectivity index (χ4n) is 0.977. The van der Waals surface area contributed by atoms with Crippen LogP contribution in [0.15, 0.2) is 24.4 Å². The molecule has 2 heteroatoms. The molecule has 1 N–H and O–H groups in total. The molecular formula is C8H5FN. The van der Waals surface area contributed by atoms with Gasteiger partial charge in [0.05, 0.1) is 5.52 Å². The molecule has 1 aromatic heterocycles. The number of para-hydroxylation sites is 1. The summed E-state index contributed by atoms with van der Waals surface area (Å²) in [5, 5.41) is 0.792. The summed E-state index contributed by atoms with van der Waals surface area (Å²) in [6.45, 7) is 0. The topological polar surface area (TPSA) is 15.8 Å². The van der Waals surface area contributed by atoms with Crippen molar-refractivity contribution in [3.63, 3.8) is 0 Å². The smallest absolute Gasteiger partial charge is 0.147 e. The van der Waals surface area contributed by atoms with E-state index in [4.69, 9.17) is 0 Å². The van der Waals surface area contributed by atoms with Crippen molar-refractivity contribution in [2.24, 2.45) is 0 Å². The number of nitrogens with one attached hydrogen (secondary N) is 1. The average molecular weight is 134 g/mol. The van der Waals surface area contributed by atoms with Gasteiger partial charge in [0.15, 0.2) is 0 Å². The first-order valence-corrected chi connectivity index (χ1v) is 3.01. The highest BCUT2D eigenvalue weighted by Gasteiger charge is 1.97. The summed E-state index contributed by atoms with van der Waals surface area (Å²) in [7, 11) is 0. The number of benzene rings is 1. The summed E-state index contributed by atoms with van der Waals surface area (Å²) >= 11 is 0. The number of fused-ring (bicyclic) bond motifs is 1. The van der Waals surface area contributed by atoms with Crippen LogP contribution in [0.3, 0.4) is 0 Å². The van der Waals surface area contributed by atoms with Crippen LogP contribution in [0.25, 0.3) is 10.9 Å². The van der Waals surface area contributed by atoms with Crippen LogP contribution in [-0.2, 0) is 0 Å². The van der Waals surface area contributed by atoms with Crippen LogP contribution in [0.5, 0.6) is 0 Å². The van der Waals surface area contributed by atoms with Crippen molar-refractivity contribution in [3.8, 4) is 0 Å². The van der Waals surface area contributed by atoms with Crippen LogP contribution in [0.1, 0.15) is 0 Å². The molecule has 49 valence electrons. The highest BCUT2D eigenvalue weighted by Crippen LogP contribution is 2.13. The lowest BCUT2D eigenvalue weighted by Gasteiger charge is -1.88. The average Bonchev–Trinajstić information content (AvgIpc) is 2.36. The van der Waals surface area contributed by atoms with Crippen LogP contribution >= 0.6 is 0 Å². The Bertz CT molecular complexity index is 351. The Balaban J connectivity index is 2.95. The first-order chi connectivity index (χ1) is 4.88. The second kappa shape index (κ2) is 1.84. The first-order valence-electron chi connectivity index (χ1n) is 3.01. The zero-order valence-corrected chi connectivity index (χ0v) is 5.19. The normalized spacial score (nSPS) is 10.5. The van der Waals surface area contributed by atoms with Gasteiger partial charge in [0, 0.05) is 17.6 Å². The number of rotatable bonds is 0. The van der Waals surface area contributed by atoms with E-state index in [1.807, 2.05) is 6.07 Å². The van der Waals surface area contributed by atoms with Gasteiger partial charge < -0.3 is 4.98 Å². The predicted octanol–water partition coefficient (Wildman–Crippen LogP) is 2.11. The fourth-order valence-corrected chi connectivity index (χ4v) is 0.977. The highest BCUT2D eigenvalue weighted by molar-refractivity contribution is 5.78. The summed E-state index contributed by atoms with van der Waals surface area (Å²) in [5.74, 6) is -0.223. The molecule has 0 saturated heterocycles. The molecule has 0 aliphatic rings. The minimum atomic E-state index is -0.223. The molecule has 0 aliphatic carbocycles. The van der Waals surface area contributed by atoms with Crippen LogP contribution in [0.2, 0.25) is 0 Å². The van der Waals surface area contributed by atoms with Crippen molar-refractivity contribution < 1.29 is 4.39 Å². The SMILES string of the molecule is Fc1cccc2[c]c[nH]c12. The van der Waals surface area contributed by atoms with Crippen molar-refractivity contribution in [2.75, 3.05) is 0 Å². The van der Waals surface area contributed by atoms with Gasteiger partial charge in [-0.2, -0.15) is 0 Å². The maximum atomic E-state index is 12.8. The quantitative estimate of drug-likeness (QED) is 0.568. The molecule has 0 saturated carbocycles. The van der Waals surface area contributed by atoms with E-state index in [9.17, 15) is 4.39 Å². The standard InChI is InChI=1S/C8H5FN/c9-7-3-1-2-6-4-5-10-8(6)7/h1-3,5,10H. The van der Waals surface area contributed by atoms with E-state index in [0.29, 0.717) is 5.52 Å². The summed E-state index contributed by atoms with van der Waals surface area (Å²) in [6, 6.07) is 7.77. The van der Waals surface area contributed by atoms with Crippen LogP contribution in [0, 0.1) is 11.9 Å². The van der Waals surface area contributed by atoms with E-state index >= 15 is 0 Å². The number of halogens is 1. The number of hydrogen-bond donors (Lipinski definition) is 1. The molecule has 1 heterocycles. The van der Waals surface area contributed by atoms with Gasteiger partial charge in [0.25, 0.3) is 0 Å². The molecular weight excluding hydrogens is 129 g/mol. The maximum absolute atomic E-state index is 12.8. The van der Waals surface area contributed by atoms with Gasteiger partial charge in [0.2, 0.25) is 0 Å². The zero-order valence-electron chi connectivity index (χ0n) is 5.19. The first kappa shape index (κ1) is 5.47. The molecule has 0 unspecified atom stereocenters. The Hall–Kier alpha value is -1.31. The summed E-state index contributed by atoms with van der Waals surface area (Å²) in [6.07, 6.45) is 1.60. The van der Waals surface area contributed by atoms with E-state index in [1.54, 1.807) is 12.3 Å². The second-order valence-electron chi connectivity index (χ2n) is 2.10. The summed E-state index contributed by atoms with van der Waals surface area (Å²) in [5.41, 5.74) is 0.530. The van der Waals surface area contributed by atoms with Gasteiger partial charge >= 0.3 is 0 Å². The number of hydrogen-bond acceptors (Lipinski definition) is 0. The Morgan fingerprint density at radius 1 is 1.40 bits per heavy atom. The van der Waals surface area contributed by atoms with Crippen LogP contribution in [0.4, 0.5) is 4.39 Å². The molecule has 1 aromatic carbocycles. The van der Waals surface area contributed by atoms with Gasteiger partial charge in [-0.05, 0) is 6.07 Å². The fraction of sp³-hybridized carbons (Fsp3) is 0. The largest absolute Gasteiger partial charge is 0.358 e. The molecule has 0 atom stereocenters. The zero-order chi connectivity index (χ0) is 6.97. The van der Waals surface area contributed by atoms with E-state index in [1.165, 1.54) is 6.07 Å². The lowest BCUT2D eigenvalue weighted by atomic mass is 10.2. The van der Waals surface area contributed by atoms with Crippen molar-refractivity contribution in [1.29, 1.82) is 0 Å². The Morgan fingerprint density at radius 3 is 3.10 bits per heavy atom. The molecule has 10 heavy (non-hydrogen) atoms. The third-order valence-corrected chi connectivity index (χ3v) is 1.46. The highest BCUT2D eigenvalue weighted by atomic mass is 19.1. The third kappa shape index (κ3) is 0.620. The van der Waals surface area contributed by atoms with E-state index in [2.05, 4.69) is 11.1 Å².